The maximum absolute atomic E-state index is 6.16. The molecule has 9 heteroatoms. The molecule has 0 spiro atoms. The van der Waals surface area contributed by atoms with Crippen LogP contribution >= 0.6 is 23.2 Å². The maximum Gasteiger partial charge on any atom is 0.249 e. The van der Waals surface area contributed by atoms with Gasteiger partial charge in [-0.15, -0.1) is 5.10 Å². The molecule has 0 bridgehead atoms. The van der Waals surface area contributed by atoms with E-state index in [1.807, 2.05) is 18.2 Å². The number of ether oxygens (including phenoxy) is 2. The van der Waals surface area contributed by atoms with Crippen molar-refractivity contribution in [1.29, 1.82) is 0 Å². The number of hydrogen-bond donors (Lipinski definition) is 2. The highest BCUT2D eigenvalue weighted by Crippen LogP contribution is 2.34. The van der Waals surface area contributed by atoms with Crippen LogP contribution in [0.2, 0.25) is 10.0 Å². The number of benzene rings is 2. The molecule has 1 aromatic heterocycles. The van der Waals surface area contributed by atoms with Crippen LogP contribution in [-0.2, 0) is 0 Å². The summed E-state index contributed by atoms with van der Waals surface area (Å²) in [5.74, 6) is 2.15. The summed E-state index contributed by atoms with van der Waals surface area (Å²) in [6.07, 6.45) is 1.48. The quantitative estimate of drug-likeness (QED) is 0.682. The molecule has 1 aliphatic rings. The van der Waals surface area contributed by atoms with Crippen LogP contribution in [0.3, 0.4) is 0 Å². The molecular weight excluding hydrogens is 377 g/mol. The zero-order chi connectivity index (χ0) is 17.9. The van der Waals surface area contributed by atoms with Crippen LogP contribution in [0.4, 0.5) is 23.1 Å². The smallest absolute Gasteiger partial charge is 0.249 e. The number of anilines is 4. The molecule has 4 rings (SSSR count). The van der Waals surface area contributed by atoms with Crippen LogP contribution in [0.5, 0.6) is 11.5 Å². The molecule has 0 amide bonds. The van der Waals surface area contributed by atoms with Crippen LogP contribution in [-0.4, -0.2) is 28.4 Å². The molecule has 132 valence electrons. The van der Waals surface area contributed by atoms with Gasteiger partial charge in [-0.05, 0) is 24.3 Å². The highest BCUT2D eigenvalue weighted by atomic mass is 35.5. The Labute approximate surface area is 159 Å². The van der Waals surface area contributed by atoms with Crippen molar-refractivity contribution in [1.82, 2.24) is 15.2 Å². The van der Waals surface area contributed by atoms with Gasteiger partial charge < -0.3 is 20.1 Å². The fourth-order valence-electron chi connectivity index (χ4n) is 2.41. The third-order valence-electron chi connectivity index (χ3n) is 3.57. The number of rotatable bonds is 4. The van der Waals surface area contributed by atoms with E-state index in [0.717, 1.165) is 5.69 Å². The summed E-state index contributed by atoms with van der Waals surface area (Å²) in [6, 6.07) is 10.7. The number of hydrogen-bond acceptors (Lipinski definition) is 7. The molecule has 2 N–H and O–H groups in total. The monoisotopic (exact) mass is 389 g/mol. The summed E-state index contributed by atoms with van der Waals surface area (Å²) in [6.45, 7) is 1.07. The van der Waals surface area contributed by atoms with E-state index >= 15 is 0 Å². The second-order valence-corrected chi connectivity index (χ2v) is 6.18. The minimum Gasteiger partial charge on any atom is -0.486 e. The van der Waals surface area contributed by atoms with Gasteiger partial charge in [0.05, 0.1) is 21.9 Å². The molecule has 0 aliphatic carbocycles. The van der Waals surface area contributed by atoms with Crippen molar-refractivity contribution >= 4 is 46.3 Å². The predicted molar refractivity (Wildman–Crippen MR) is 100 cm³/mol. The Bertz CT molecular complexity index is 934. The van der Waals surface area contributed by atoms with Crippen LogP contribution in [0.25, 0.3) is 0 Å². The van der Waals surface area contributed by atoms with E-state index in [2.05, 4.69) is 25.8 Å². The highest BCUT2D eigenvalue weighted by Gasteiger charge is 2.13. The number of halogens is 2. The normalized spacial score (nSPS) is 12.5. The molecule has 0 unspecified atom stereocenters. The van der Waals surface area contributed by atoms with Crippen molar-refractivity contribution in [2.75, 3.05) is 23.8 Å². The average molecular weight is 390 g/mol. The molecule has 3 aromatic rings. The van der Waals surface area contributed by atoms with E-state index in [-0.39, 0.29) is 0 Å². The molecule has 1 aliphatic heterocycles. The molecule has 0 saturated heterocycles. The molecule has 26 heavy (non-hydrogen) atoms. The Morgan fingerprint density at radius 1 is 0.923 bits per heavy atom. The van der Waals surface area contributed by atoms with Gasteiger partial charge in [0.15, 0.2) is 17.3 Å². The van der Waals surface area contributed by atoms with Gasteiger partial charge in [0, 0.05) is 11.8 Å². The van der Waals surface area contributed by atoms with E-state index in [1.165, 1.54) is 6.20 Å². The van der Waals surface area contributed by atoms with Crippen molar-refractivity contribution in [3.05, 3.63) is 52.6 Å². The van der Waals surface area contributed by atoms with Gasteiger partial charge in [-0.25, -0.2) is 0 Å². The third kappa shape index (κ3) is 3.58. The molecule has 0 fully saturated rings. The van der Waals surface area contributed by atoms with Crippen molar-refractivity contribution in [2.45, 2.75) is 0 Å². The van der Waals surface area contributed by atoms with Crippen molar-refractivity contribution < 1.29 is 9.47 Å². The average Bonchev–Trinajstić information content (AvgIpc) is 2.65. The summed E-state index contributed by atoms with van der Waals surface area (Å²) in [7, 11) is 0. The molecule has 7 nitrogen and oxygen atoms in total. The molecule has 2 heterocycles. The van der Waals surface area contributed by atoms with Crippen LogP contribution in [0.15, 0.2) is 42.6 Å². The Morgan fingerprint density at radius 3 is 2.50 bits per heavy atom. The zero-order valence-corrected chi connectivity index (χ0v) is 14.9. The molecule has 0 saturated carbocycles. The van der Waals surface area contributed by atoms with E-state index in [1.54, 1.807) is 18.2 Å². The number of fused-ring (bicyclic) bond motifs is 1. The van der Waals surface area contributed by atoms with E-state index in [0.29, 0.717) is 52.2 Å². The highest BCUT2D eigenvalue weighted by molar-refractivity contribution is 6.39. The summed E-state index contributed by atoms with van der Waals surface area (Å²) in [4.78, 5) is 4.37. The number of nitrogens with one attached hydrogen (secondary N) is 2. The summed E-state index contributed by atoms with van der Waals surface area (Å²) in [5, 5.41) is 15.0. The molecule has 2 aromatic carbocycles. The van der Waals surface area contributed by atoms with Crippen LogP contribution in [0, 0.1) is 0 Å². The SMILES string of the molecule is Clc1cccc(Cl)c1Nc1cnnc(Nc2ccc3c(c2)OCCO3)n1. The molecular formula is C17H13Cl2N5O2. The number of para-hydroxylation sites is 1. The Morgan fingerprint density at radius 2 is 1.69 bits per heavy atom. The number of nitrogens with zero attached hydrogens (tertiary/aromatic N) is 3. The summed E-state index contributed by atoms with van der Waals surface area (Å²) in [5.41, 5.74) is 1.31. The van der Waals surface area contributed by atoms with E-state index in [9.17, 15) is 0 Å². The number of aromatic nitrogens is 3. The minimum absolute atomic E-state index is 0.315. The van der Waals surface area contributed by atoms with Gasteiger partial charge >= 0.3 is 0 Å². The first kappa shape index (κ1) is 16.7. The Kier molecular flexibility index (Phi) is 4.64. The lowest BCUT2D eigenvalue weighted by Crippen LogP contribution is -2.15. The Hall–Kier alpha value is -2.77. The van der Waals surface area contributed by atoms with E-state index < -0.39 is 0 Å². The van der Waals surface area contributed by atoms with Gasteiger partial charge in [-0.3, -0.25) is 0 Å². The predicted octanol–water partition coefficient (Wildman–Crippen LogP) is 4.44. The molecule has 0 radical (unpaired) electrons. The van der Waals surface area contributed by atoms with Gasteiger partial charge in [0.25, 0.3) is 0 Å². The lowest BCUT2D eigenvalue weighted by molar-refractivity contribution is 0.171. The first-order chi connectivity index (χ1) is 12.7. The van der Waals surface area contributed by atoms with Gasteiger partial charge in [-0.1, -0.05) is 29.3 Å². The van der Waals surface area contributed by atoms with Gasteiger partial charge in [-0.2, -0.15) is 10.1 Å². The van der Waals surface area contributed by atoms with Gasteiger partial charge in [0.2, 0.25) is 5.95 Å². The second-order valence-electron chi connectivity index (χ2n) is 5.37. The van der Waals surface area contributed by atoms with Crippen molar-refractivity contribution in [3.63, 3.8) is 0 Å². The fourth-order valence-corrected chi connectivity index (χ4v) is 2.90. The Balaban J connectivity index is 1.54. The van der Waals surface area contributed by atoms with Gasteiger partial charge in [0.1, 0.15) is 13.2 Å². The largest absolute Gasteiger partial charge is 0.486 e. The van der Waals surface area contributed by atoms with Crippen LogP contribution < -0.4 is 20.1 Å². The standard InChI is InChI=1S/C17H13Cl2N5O2/c18-11-2-1-3-12(19)16(11)22-15-9-20-24-17(23-15)21-10-4-5-13-14(8-10)26-7-6-25-13/h1-5,8-9H,6-7H2,(H2,21,22,23,24). The lowest BCUT2D eigenvalue weighted by Gasteiger charge is -2.19. The van der Waals surface area contributed by atoms with E-state index in [4.69, 9.17) is 32.7 Å². The minimum atomic E-state index is 0.315. The summed E-state index contributed by atoms with van der Waals surface area (Å²) >= 11 is 12.3. The third-order valence-corrected chi connectivity index (χ3v) is 4.20. The zero-order valence-electron chi connectivity index (χ0n) is 13.4. The summed E-state index contributed by atoms with van der Waals surface area (Å²) < 4.78 is 11.1. The van der Waals surface area contributed by atoms with Crippen molar-refractivity contribution in [2.24, 2.45) is 0 Å². The topological polar surface area (TPSA) is 81.2 Å². The first-order valence-corrected chi connectivity index (χ1v) is 8.52. The van der Waals surface area contributed by atoms with Crippen LogP contribution in [0.1, 0.15) is 0 Å². The van der Waals surface area contributed by atoms with Crippen molar-refractivity contribution in [3.8, 4) is 11.5 Å². The fraction of sp³-hybridized carbons (Fsp3) is 0.118. The second kappa shape index (κ2) is 7.23. The first-order valence-electron chi connectivity index (χ1n) is 7.76. The maximum atomic E-state index is 6.16. The molecule has 0 atom stereocenters. The lowest BCUT2D eigenvalue weighted by atomic mass is 10.2.